The minimum atomic E-state index is -0.768. The van der Waals surface area contributed by atoms with Gasteiger partial charge in [-0.1, -0.05) is 0 Å². The van der Waals surface area contributed by atoms with Crippen molar-refractivity contribution in [2.75, 3.05) is 19.0 Å². The van der Waals surface area contributed by atoms with Gasteiger partial charge in [0.15, 0.2) is 0 Å². The molecule has 2 rings (SSSR count). The van der Waals surface area contributed by atoms with E-state index >= 15 is 0 Å². The first-order chi connectivity index (χ1) is 9.37. The van der Waals surface area contributed by atoms with E-state index in [2.05, 4.69) is 5.32 Å². The maximum absolute atomic E-state index is 12.0. The third-order valence-electron chi connectivity index (χ3n) is 3.69. The SMILES string of the molecule is COc1ccc(NC2(C(N)=O)CCOC(C)(C)C2)cc1. The Morgan fingerprint density at radius 3 is 2.50 bits per heavy atom. The van der Waals surface area contributed by atoms with Gasteiger partial charge in [-0.15, -0.1) is 0 Å². The molecular formula is C15H22N2O3. The molecule has 0 spiro atoms. The molecule has 1 atom stereocenters. The summed E-state index contributed by atoms with van der Waals surface area (Å²) < 4.78 is 10.8. The smallest absolute Gasteiger partial charge is 0.243 e. The lowest BCUT2D eigenvalue weighted by molar-refractivity contribution is -0.133. The van der Waals surface area contributed by atoms with Gasteiger partial charge < -0.3 is 20.5 Å². The van der Waals surface area contributed by atoms with Crippen LogP contribution in [0.3, 0.4) is 0 Å². The second kappa shape index (κ2) is 5.32. The van der Waals surface area contributed by atoms with Crippen molar-refractivity contribution in [2.24, 2.45) is 5.73 Å². The third-order valence-corrected chi connectivity index (χ3v) is 3.69. The number of rotatable bonds is 4. The van der Waals surface area contributed by atoms with Gasteiger partial charge in [-0.25, -0.2) is 0 Å². The number of nitrogens with one attached hydrogen (secondary N) is 1. The molecule has 0 aliphatic carbocycles. The van der Waals surface area contributed by atoms with Crippen molar-refractivity contribution in [3.8, 4) is 5.75 Å². The molecule has 1 aromatic rings. The van der Waals surface area contributed by atoms with Crippen LogP contribution < -0.4 is 15.8 Å². The predicted molar refractivity (Wildman–Crippen MR) is 77.8 cm³/mol. The molecule has 1 aliphatic rings. The van der Waals surface area contributed by atoms with Gasteiger partial charge in [0.25, 0.3) is 0 Å². The lowest BCUT2D eigenvalue weighted by Crippen LogP contribution is -2.58. The van der Waals surface area contributed by atoms with E-state index in [-0.39, 0.29) is 11.5 Å². The monoisotopic (exact) mass is 278 g/mol. The Hall–Kier alpha value is -1.75. The van der Waals surface area contributed by atoms with E-state index in [1.165, 1.54) is 0 Å². The number of carbonyl (C=O) groups is 1. The minimum Gasteiger partial charge on any atom is -0.497 e. The summed E-state index contributed by atoms with van der Waals surface area (Å²) in [6.45, 7) is 4.46. The fraction of sp³-hybridized carbons (Fsp3) is 0.533. The van der Waals surface area contributed by atoms with Crippen molar-refractivity contribution in [2.45, 2.75) is 37.8 Å². The van der Waals surface area contributed by atoms with Crippen molar-refractivity contribution in [3.05, 3.63) is 24.3 Å². The maximum atomic E-state index is 12.0. The molecule has 0 saturated carbocycles. The highest BCUT2D eigenvalue weighted by Gasteiger charge is 2.45. The molecule has 1 aliphatic heterocycles. The summed E-state index contributed by atoms with van der Waals surface area (Å²) >= 11 is 0. The number of hydrogen-bond acceptors (Lipinski definition) is 4. The number of ether oxygens (including phenoxy) is 2. The van der Waals surface area contributed by atoms with Crippen LogP contribution in [0.5, 0.6) is 5.75 Å². The Balaban J connectivity index is 2.22. The van der Waals surface area contributed by atoms with E-state index in [9.17, 15) is 4.79 Å². The Bertz CT molecular complexity index is 484. The van der Waals surface area contributed by atoms with Crippen LogP contribution in [0.2, 0.25) is 0 Å². The van der Waals surface area contributed by atoms with Crippen LogP contribution in [-0.2, 0) is 9.53 Å². The van der Waals surface area contributed by atoms with Gasteiger partial charge in [0, 0.05) is 18.5 Å². The average molecular weight is 278 g/mol. The lowest BCUT2D eigenvalue weighted by atomic mass is 9.80. The number of anilines is 1. The van der Waals surface area contributed by atoms with E-state index in [4.69, 9.17) is 15.2 Å². The van der Waals surface area contributed by atoms with Crippen molar-refractivity contribution >= 4 is 11.6 Å². The van der Waals surface area contributed by atoms with Crippen LogP contribution in [0.15, 0.2) is 24.3 Å². The molecular weight excluding hydrogens is 256 g/mol. The standard InChI is InChI=1S/C15H22N2O3/c1-14(2)10-15(13(16)18,8-9-20-14)17-11-4-6-12(19-3)7-5-11/h4-7,17H,8-10H2,1-3H3,(H2,16,18). The first kappa shape index (κ1) is 14.7. The van der Waals surface area contributed by atoms with E-state index in [1.54, 1.807) is 7.11 Å². The molecule has 20 heavy (non-hydrogen) atoms. The van der Waals surface area contributed by atoms with Gasteiger partial charge in [0.2, 0.25) is 5.91 Å². The van der Waals surface area contributed by atoms with E-state index < -0.39 is 5.54 Å². The summed E-state index contributed by atoms with van der Waals surface area (Å²) in [5, 5.41) is 3.29. The van der Waals surface area contributed by atoms with Crippen LogP contribution in [0, 0.1) is 0 Å². The quantitative estimate of drug-likeness (QED) is 0.882. The molecule has 0 radical (unpaired) electrons. The van der Waals surface area contributed by atoms with Gasteiger partial charge in [-0.3, -0.25) is 4.79 Å². The first-order valence-electron chi connectivity index (χ1n) is 6.73. The number of primary amides is 1. The topological polar surface area (TPSA) is 73.6 Å². The molecule has 0 bridgehead atoms. The Labute approximate surface area is 119 Å². The van der Waals surface area contributed by atoms with Crippen LogP contribution in [0.25, 0.3) is 0 Å². The van der Waals surface area contributed by atoms with Crippen LogP contribution in [-0.4, -0.2) is 30.8 Å². The summed E-state index contributed by atoms with van der Waals surface area (Å²) in [7, 11) is 1.62. The van der Waals surface area contributed by atoms with Crippen molar-refractivity contribution in [1.82, 2.24) is 0 Å². The Morgan fingerprint density at radius 1 is 1.35 bits per heavy atom. The van der Waals surface area contributed by atoms with Gasteiger partial charge in [0.1, 0.15) is 11.3 Å². The molecule has 1 unspecified atom stereocenters. The highest BCUT2D eigenvalue weighted by molar-refractivity contribution is 5.88. The molecule has 0 aromatic heterocycles. The molecule has 3 N–H and O–H groups in total. The predicted octanol–water partition coefficient (Wildman–Crippen LogP) is 1.92. The number of carbonyl (C=O) groups excluding carboxylic acids is 1. The molecule has 1 amide bonds. The second-order valence-corrected chi connectivity index (χ2v) is 5.83. The Kier molecular flexibility index (Phi) is 3.90. The van der Waals surface area contributed by atoms with E-state index in [1.807, 2.05) is 38.1 Å². The van der Waals surface area contributed by atoms with Crippen molar-refractivity contribution in [3.63, 3.8) is 0 Å². The molecule has 1 heterocycles. The second-order valence-electron chi connectivity index (χ2n) is 5.83. The average Bonchev–Trinajstić information content (AvgIpc) is 2.38. The summed E-state index contributed by atoms with van der Waals surface area (Å²) in [4.78, 5) is 12.0. The fourth-order valence-corrected chi connectivity index (χ4v) is 2.70. The summed E-state index contributed by atoms with van der Waals surface area (Å²) in [5.41, 5.74) is 5.36. The lowest BCUT2D eigenvalue weighted by Gasteiger charge is -2.43. The number of benzene rings is 1. The van der Waals surface area contributed by atoms with Gasteiger partial charge in [0.05, 0.1) is 19.3 Å². The van der Waals surface area contributed by atoms with E-state index in [0.29, 0.717) is 19.4 Å². The maximum Gasteiger partial charge on any atom is 0.243 e. The van der Waals surface area contributed by atoms with Gasteiger partial charge >= 0.3 is 0 Å². The zero-order valence-corrected chi connectivity index (χ0v) is 12.2. The fourth-order valence-electron chi connectivity index (χ4n) is 2.70. The largest absolute Gasteiger partial charge is 0.497 e. The zero-order valence-electron chi connectivity index (χ0n) is 12.2. The zero-order chi connectivity index (χ0) is 14.8. The number of hydrogen-bond donors (Lipinski definition) is 2. The van der Waals surface area contributed by atoms with E-state index in [0.717, 1.165) is 11.4 Å². The molecule has 1 aromatic carbocycles. The van der Waals surface area contributed by atoms with Gasteiger partial charge in [-0.2, -0.15) is 0 Å². The Morgan fingerprint density at radius 2 is 2.00 bits per heavy atom. The first-order valence-corrected chi connectivity index (χ1v) is 6.73. The number of methoxy groups -OCH3 is 1. The normalized spacial score (nSPS) is 24.9. The molecule has 5 heteroatoms. The highest BCUT2D eigenvalue weighted by Crippen LogP contribution is 2.34. The summed E-state index contributed by atoms with van der Waals surface area (Å²) in [6.07, 6.45) is 1.11. The van der Waals surface area contributed by atoms with Crippen LogP contribution >= 0.6 is 0 Å². The van der Waals surface area contributed by atoms with Crippen molar-refractivity contribution < 1.29 is 14.3 Å². The number of amides is 1. The highest BCUT2D eigenvalue weighted by atomic mass is 16.5. The van der Waals surface area contributed by atoms with Gasteiger partial charge in [-0.05, 0) is 38.1 Å². The molecule has 5 nitrogen and oxygen atoms in total. The summed E-state index contributed by atoms with van der Waals surface area (Å²) in [5.74, 6) is 0.431. The molecule has 110 valence electrons. The van der Waals surface area contributed by atoms with Crippen LogP contribution in [0.1, 0.15) is 26.7 Å². The molecule has 1 saturated heterocycles. The number of nitrogens with two attached hydrogens (primary N) is 1. The van der Waals surface area contributed by atoms with Crippen molar-refractivity contribution in [1.29, 1.82) is 0 Å². The van der Waals surface area contributed by atoms with Crippen LogP contribution in [0.4, 0.5) is 5.69 Å². The third kappa shape index (κ3) is 3.04. The molecule has 1 fully saturated rings. The summed E-state index contributed by atoms with van der Waals surface area (Å²) in [6, 6.07) is 7.46. The minimum absolute atomic E-state index is 0.343.